The van der Waals surface area contributed by atoms with Crippen LogP contribution in [0, 0.1) is 24.2 Å². The second-order valence-corrected chi connectivity index (χ2v) is 13.1. The quantitative estimate of drug-likeness (QED) is 0.129. The number of halogens is 1. The maximum Gasteiger partial charge on any atom is 0.310 e. The SMILES string of the molecule is COc1ccc2c(c1)c(CC(=O)OCCn1ccc3c(-c4cnn(C(CC#N)C5CCCC5)c4)ncnc31)c(C)n2C(=O)c1ccc(Cl)cc1. The second kappa shape index (κ2) is 14.2. The van der Waals surface area contributed by atoms with Gasteiger partial charge in [0.15, 0.2) is 0 Å². The molecule has 1 unspecified atom stereocenters. The molecule has 0 spiro atoms. The zero-order valence-electron chi connectivity index (χ0n) is 27.9. The summed E-state index contributed by atoms with van der Waals surface area (Å²) in [5.74, 6) is 0.436. The third kappa shape index (κ3) is 6.34. The monoisotopic (exact) mass is 689 g/mol. The number of carbonyl (C=O) groups excluding carboxylic acids is 2. The minimum atomic E-state index is -0.415. The predicted octanol–water partition coefficient (Wildman–Crippen LogP) is 7.34. The zero-order valence-corrected chi connectivity index (χ0v) is 28.6. The van der Waals surface area contributed by atoms with Crippen molar-refractivity contribution in [3.8, 4) is 23.1 Å². The fourth-order valence-corrected chi connectivity index (χ4v) is 7.34. The smallest absolute Gasteiger partial charge is 0.310 e. The molecule has 50 heavy (non-hydrogen) atoms. The topological polar surface area (TPSA) is 130 Å². The Balaban J connectivity index is 1.07. The lowest BCUT2D eigenvalue weighted by molar-refractivity contribution is -0.143. The molecule has 0 N–H and O–H groups in total. The van der Waals surface area contributed by atoms with E-state index >= 15 is 0 Å². The summed E-state index contributed by atoms with van der Waals surface area (Å²) in [5.41, 5.74) is 4.83. The summed E-state index contributed by atoms with van der Waals surface area (Å²) >= 11 is 6.05. The molecule has 1 saturated carbocycles. The highest BCUT2D eigenvalue weighted by atomic mass is 35.5. The molecule has 1 atom stereocenters. The lowest BCUT2D eigenvalue weighted by Gasteiger charge is -2.21. The third-order valence-corrected chi connectivity index (χ3v) is 10.0. The van der Waals surface area contributed by atoms with Crippen LogP contribution in [0.4, 0.5) is 0 Å². The van der Waals surface area contributed by atoms with Crippen molar-refractivity contribution in [2.24, 2.45) is 5.92 Å². The average molecular weight is 690 g/mol. The second-order valence-electron chi connectivity index (χ2n) is 12.6. The van der Waals surface area contributed by atoms with Gasteiger partial charge in [0, 0.05) is 45.0 Å². The summed E-state index contributed by atoms with van der Waals surface area (Å²) in [6.45, 7) is 2.34. The molecule has 1 fully saturated rings. The number of hydrogen-bond donors (Lipinski definition) is 0. The van der Waals surface area contributed by atoms with Crippen molar-refractivity contribution in [3.05, 3.63) is 95.3 Å². The Labute approximate surface area is 294 Å². The van der Waals surface area contributed by atoms with E-state index < -0.39 is 5.97 Å². The van der Waals surface area contributed by atoms with Gasteiger partial charge in [-0.25, -0.2) is 9.97 Å². The summed E-state index contributed by atoms with van der Waals surface area (Å²) in [7, 11) is 1.58. The minimum Gasteiger partial charge on any atom is -0.497 e. The van der Waals surface area contributed by atoms with Crippen LogP contribution < -0.4 is 4.74 Å². The maximum absolute atomic E-state index is 13.6. The van der Waals surface area contributed by atoms with E-state index in [9.17, 15) is 14.9 Å². The Bertz CT molecular complexity index is 2240. The van der Waals surface area contributed by atoms with Crippen LogP contribution in [0.5, 0.6) is 5.75 Å². The van der Waals surface area contributed by atoms with Gasteiger partial charge in [0.2, 0.25) is 0 Å². The van der Waals surface area contributed by atoms with Crippen molar-refractivity contribution in [1.82, 2.24) is 28.9 Å². The number of benzene rings is 2. The first-order valence-electron chi connectivity index (χ1n) is 16.7. The highest BCUT2D eigenvalue weighted by molar-refractivity contribution is 6.30. The van der Waals surface area contributed by atoms with Crippen LogP contribution in [-0.2, 0) is 22.5 Å². The summed E-state index contributed by atoms with van der Waals surface area (Å²) < 4.78 is 16.7. The number of nitrogens with zero attached hydrogens (tertiary/aromatic N) is 7. The van der Waals surface area contributed by atoms with Crippen LogP contribution in [-0.4, -0.2) is 54.5 Å². The fraction of sp³-hybridized carbons (Fsp3) is 0.316. The summed E-state index contributed by atoms with van der Waals surface area (Å²) in [5, 5.41) is 16.3. The zero-order chi connectivity index (χ0) is 34.8. The molecule has 0 saturated heterocycles. The number of ether oxygens (including phenoxy) is 2. The highest BCUT2D eigenvalue weighted by Gasteiger charge is 2.28. The molecule has 0 bridgehead atoms. The molecule has 0 amide bonds. The number of hydrogen-bond acceptors (Lipinski definition) is 8. The van der Waals surface area contributed by atoms with Crippen LogP contribution in [0.25, 0.3) is 33.2 Å². The maximum atomic E-state index is 13.6. The first-order chi connectivity index (χ1) is 24.4. The lowest BCUT2D eigenvalue weighted by Crippen LogP contribution is -2.17. The number of aromatic nitrogens is 6. The average Bonchev–Trinajstić information content (AvgIpc) is 3.95. The van der Waals surface area contributed by atoms with Crippen molar-refractivity contribution in [3.63, 3.8) is 0 Å². The third-order valence-electron chi connectivity index (χ3n) is 9.77. The highest BCUT2D eigenvalue weighted by Crippen LogP contribution is 2.37. The van der Waals surface area contributed by atoms with E-state index in [-0.39, 0.29) is 25.0 Å². The van der Waals surface area contributed by atoms with Gasteiger partial charge < -0.3 is 14.0 Å². The van der Waals surface area contributed by atoms with Crippen LogP contribution >= 0.6 is 11.6 Å². The molecule has 254 valence electrons. The van der Waals surface area contributed by atoms with Crippen molar-refractivity contribution >= 4 is 45.4 Å². The number of nitriles is 1. The molecule has 1 aliphatic carbocycles. The van der Waals surface area contributed by atoms with Crippen LogP contribution in [0.2, 0.25) is 5.02 Å². The molecule has 11 nitrogen and oxygen atoms in total. The number of rotatable bonds is 11. The fourth-order valence-electron chi connectivity index (χ4n) is 7.22. The molecular formula is C38H36ClN7O4. The Morgan fingerprint density at radius 2 is 1.88 bits per heavy atom. The molecule has 7 rings (SSSR count). The molecular weight excluding hydrogens is 654 g/mol. The molecule has 0 radical (unpaired) electrons. The van der Waals surface area contributed by atoms with Crippen molar-refractivity contribution < 1.29 is 19.1 Å². The van der Waals surface area contributed by atoms with Crippen LogP contribution in [0.3, 0.4) is 0 Å². The van der Waals surface area contributed by atoms with E-state index in [1.54, 1.807) is 48.2 Å². The van der Waals surface area contributed by atoms with Gasteiger partial charge >= 0.3 is 5.97 Å². The van der Waals surface area contributed by atoms with Crippen molar-refractivity contribution in [2.45, 2.75) is 58.0 Å². The molecule has 2 aromatic carbocycles. The molecule has 4 aromatic heterocycles. The van der Waals surface area contributed by atoms with Gasteiger partial charge in [0.05, 0.1) is 56.0 Å². The van der Waals surface area contributed by atoms with E-state index in [0.717, 1.165) is 40.5 Å². The largest absolute Gasteiger partial charge is 0.497 e. The first kappa shape index (κ1) is 33.0. The molecule has 1 aliphatic rings. The molecule has 12 heteroatoms. The van der Waals surface area contributed by atoms with Gasteiger partial charge in [-0.3, -0.25) is 18.8 Å². The van der Waals surface area contributed by atoms with Gasteiger partial charge in [0.1, 0.15) is 24.3 Å². The van der Waals surface area contributed by atoms with Crippen LogP contribution in [0.1, 0.15) is 59.8 Å². The lowest BCUT2D eigenvalue weighted by atomic mass is 9.96. The number of fused-ring (bicyclic) bond motifs is 2. The van der Waals surface area contributed by atoms with Crippen molar-refractivity contribution in [1.29, 1.82) is 5.26 Å². The Hall–Kier alpha value is -5.47. The summed E-state index contributed by atoms with van der Waals surface area (Å²) in [4.78, 5) is 36.0. The van der Waals surface area contributed by atoms with E-state index in [4.69, 9.17) is 21.1 Å². The van der Waals surface area contributed by atoms with E-state index in [1.165, 1.54) is 19.2 Å². The summed E-state index contributed by atoms with van der Waals surface area (Å²) in [6, 6.07) is 16.5. The van der Waals surface area contributed by atoms with Gasteiger partial charge in [-0.05, 0) is 79.8 Å². The molecule has 0 aliphatic heterocycles. The van der Waals surface area contributed by atoms with E-state index in [0.29, 0.717) is 52.0 Å². The Morgan fingerprint density at radius 3 is 2.64 bits per heavy atom. The van der Waals surface area contributed by atoms with Crippen LogP contribution in [0.15, 0.2) is 73.4 Å². The van der Waals surface area contributed by atoms with Crippen molar-refractivity contribution in [2.75, 3.05) is 13.7 Å². The summed E-state index contributed by atoms with van der Waals surface area (Å²) in [6.07, 6.45) is 12.3. The first-order valence-corrected chi connectivity index (χ1v) is 17.1. The van der Waals surface area contributed by atoms with E-state index in [2.05, 4.69) is 21.1 Å². The number of carbonyl (C=O) groups is 2. The molecule has 6 aromatic rings. The Morgan fingerprint density at radius 1 is 1.08 bits per heavy atom. The van der Waals surface area contributed by atoms with Gasteiger partial charge in [-0.1, -0.05) is 24.4 Å². The molecule has 4 heterocycles. The van der Waals surface area contributed by atoms with Gasteiger partial charge in [0.25, 0.3) is 5.91 Å². The number of methoxy groups -OCH3 is 1. The standard InChI is InChI=1S/C38H36ClN7O4/c1-24-31(32-19-29(49-2)11-12-34(32)46(24)38(48)26-7-9-28(39)10-8-26)20-35(47)50-18-17-44-16-14-30-36(41-23-42-37(30)44)27-21-43-45(22-27)33(13-15-40)25-5-3-4-6-25/h7-12,14,16,19,21-23,25,33H,3-6,13,17-18,20H2,1-2H3. The van der Waals surface area contributed by atoms with E-state index in [1.807, 2.05) is 46.8 Å². The predicted molar refractivity (Wildman–Crippen MR) is 189 cm³/mol. The number of esters is 1. The van der Waals surface area contributed by atoms with Gasteiger partial charge in [-0.15, -0.1) is 0 Å². The minimum absolute atomic E-state index is 0.0210. The van der Waals surface area contributed by atoms with Gasteiger partial charge in [-0.2, -0.15) is 10.4 Å². The Kier molecular flexibility index (Phi) is 9.37. The normalized spacial score (nSPS) is 13.9.